The number of furan rings is 1. The number of aliphatic carboxylic acids is 1. The Balaban J connectivity index is 1.99. The fraction of sp³-hybridized carbons (Fsp3) is 0.333. The maximum absolute atomic E-state index is 10.6. The molecule has 0 atom stereocenters. The quantitative estimate of drug-likeness (QED) is 0.886. The van der Waals surface area contributed by atoms with Gasteiger partial charge in [0.15, 0.2) is 0 Å². The second-order valence-corrected chi connectivity index (χ2v) is 4.93. The summed E-state index contributed by atoms with van der Waals surface area (Å²) in [6.45, 7) is 1.85. The Hall–Kier alpha value is -1.62. The average molecular weight is 251 g/mol. The van der Waals surface area contributed by atoms with E-state index in [0.29, 0.717) is 0 Å². The van der Waals surface area contributed by atoms with E-state index in [2.05, 4.69) is 4.98 Å². The van der Waals surface area contributed by atoms with Gasteiger partial charge in [-0.25, -0.2) is 4.98 Å². The Morgan fingerprint density at radius 1 is 1.53 bits per heavy atom. The highest BCUT2D eigenvalue weighted by Crippen LogP contribution is 2.20. The molecule has 0 radical (unpaired) electrons. The first-order valence-electron chi connectivity index (χ1n) is 5.34. The van der Waals surface area contributed by atoms with E-state index >= 15 is 0 Å². The molecule has 0 aliphatic heterocycles. The number of nitrogens with zero attached hydrogens (tertiary/aromatic N) is 1. The van der Waals surface area contributed by atoms with Crippen molar-refractivity contribution in [3.63, 3.8) is 0 Å². The van der Waals surface area contributed by atoms with Gasteiger partial charge in [-0.2, -0.15) is 0 Å². The standard InChI is InChI=1S/C12H13NO3S/c1-8-10(7-12(14)15)17-11(13-8)5-4-9-3-2-6-16-9/h2-3,6H,4-5,7H2,1H3,(H,14,15). The Bertz CT molecular complexity index is 502. The van der Waals surface area contributed by atoms with Crippen molar-refractivity contribution in [2.75, 3.05) is 0 Å². The van der Waals surface area contributed by atoms with Crippen LogP contribution in [-0.4, -0.2) is 16.1 Å². The summed E-state index contributed by atoms with van der Waals surface area (Å²) in [6.07, 6.45) is 3.30. The average Bonchev–Trinajstić information content (AvgIpc) is 2.86. The smallest absolute Gasteiger partial charge is 0.308 e. The van der Waals surface area contributed by atoms with Gasteiger partial charge in [-0.3, -0.25) is 4.79 Å². The summed E-state index contributed by atoms with van der Waals surface area (Å²) in [5.41, 5.74) is 0.826. The first-order chi connectivity index (χ1) is 8.15. The van der Waals surface area contributed by atoms with Gasteiger partial charge >= 0.3 is 5.97 Å². The maximum atomic E-state index is 10.6. The van der Waals surface area contributed by atoms with Crippen LogP contribution in [0.3, 0.4) is 0 Å². The van der Waals surface area contributed by atoms with E-state index in [4.69, 9.17) is 9.52 Å². The van der Waals surface area contributed by atoms with E-state index in [1.165, 1.54) is 11.3 Å². The molecule has 0 spiro atoms. The van der Waals surface area contributed by atoms with Crippen LogP contribution in [-0.2, 0) is 24.1 Å². The van der Waals surface area contributed by atoms with Gasteiger partial charge in [0.25, 0.3) is 0 Å². The molecule has 0 aliphatic rings. The zero-order valence-corrected chi connectivity index (χ0v) is 10.3. The normalized spacial score (nSPS) is 10.6. The SMILES string of the molecule is Cc1nc(CCc2ccco2)sc1CC(=O)O. The minimum Gasteiger partial charge on any atom is -0.481 e. The molecule has 0 saturated carbocycles. The number of carboxylic acids is 1. The molecular weight excluding hydrogens is 238 g/mol. The lowest BCUT2D eigenvalue weighted by Gasteiger charge is -1.92. The molecule has 0 amide bonds. The zero-order chi connectivity index (χ0) is 12.3. The molecular formula is C12H13NO3S. The molecule has 0 unspecified atom stereocenters. The van der Waals surface area contributed by atoms with Crippen LogP contribution in [0, 0.1) is 6.92 Å². The molecule has 0 fully saturated rings. The fourth-order valence-corrected chi connectivity index (χ4v) is 2.64. The van der Waals surface area contributed by atoms with E-state index in [9.17, 15) is 4.79 Å². The molecule has 2 aromatic rings. The molecule has 0 saturated heterocycles. The van der Waals surface area contributed by atoms with E-state index in [1.54, 1.807) is 6.26 Å². The predicted octanol–water partition coefficient (Wildman–Crippen LogP) is 2.46. The van der Waals surface area contributed by atoms with Gasteiger partial charge in [0.1, 0.15) is 5.76 Å². The van der Waals surface area contributed by atoms with Gasteiger partial charge in [0, 0.05) is 17.7 Å². The number of aromatic nitrogens is 1. The molecule has 0 bridgehead atoms. The van der Waals surface area contributed by atoms with E-state index in [0.717, 1.165) is 34.2 Å². The first kappa shape index (κ1) is 11.9. The van der Waals surface area contributed by atoms with Crippen LogP contribution in [0.15, 0.2) is 22.8 Å². The first-order valence-corrected chi connectivity index (χ1v) is 6.16. The number of aryl methyl sites for hydroxylation is 3. The van der Waals surface area contributed by atoms with Crippen molar-refractivity contribution < 1.29 is 14.3 Å². The topological polar surface area (TPSA) is 63.3 Å². The minimum atomic E-state index is -0.811. The highest BCUT2D eigenvalue weighted by Gasteiger charge is 2.11. The predicted molar refractivity (Wildman–Crippen MR) is 64.3 cm³/mol. The van der Waals surface area contributed by atoms with Gasteiger partial charge in [-0.05, 0) is 19.1 Å². The lowest BCUT2D eigenvalue weighted by Crippen LogP contribution is -1.99. The molecule has 2 aromatic heterocycles. The summed E-state index contributed by atoms with van der Waals surface area (Å²) >= 11 is 1.48. The highest BCUT2D eigenvalue weighted by molar-refractivity contribution is 7.11. The van der Waals surface area contributed by atoms with E-state index < -0.39 is 5.97 Å². The monoisotopic (exact) mass is 251 g/mol. The van der Waals surface area contributed by atoms with Crippen molar-refractivity contribution in [2.24, 2.45) is 0 Å². The second kappa shape index (κ2) is 5.14. The third kappa shape index (κ3) is 3.17. The van der Waals surface area contributed by atoms with Crippen molar-refractivity contribution >= 4 is 17.3 Å². The third-order valence-corrected chi connectivity index (χ3v) is 3.63. The maximum Gasteiger partial charge on any atom is 0.308 e. The summed E-state index contributed by atoms with van der Waals surface area (Å²) in [5, 5.41) is 9.71. The number of rotatable bonds is 5. The minimum absolute atomic E-state index is 0.0598. The summed E-state index contributed by atoms with van der Waals surface area (Å²) < 4.78 is 5.24. The van der Waals surface area contributed by atoms with E-state index in [-0.39, 0.29) is 6.42 Å². The van der Waals surface area contributed by atoms with Crippen molar-refractivity contribution in [2.45, 2.75) is 26.2 Å². The molecule has 90 valence electrons. The van der Waals surface area contributed by atoms with Gasteiger partial charge in [-0.1, -0.05) is 0 Å². The third-order valence-electron chi connectivity index (χ3n) is 2.41. The molecule has 0 aromatic carbocycles. The largest absolute Gasteiger partial charge is 0.481 e. The number of carboxylic acid groups (broad SMARTS) is 1. The Labute approximate surface area is 103 Å². The molecule has 17 heavy (non-hydrogen) atoms. The van der Waals surface area contributed by atoms with Crippen LogP contribution in [0.25, 0.3) is 0 Å². The van der Waals surface area contributed by atoms with Crippen molar-refractivity contribution in [3.8, 4) is 0 Å². The van der Waals surface area contributed by atoms with Crippen LogP contribution < -0.4 is 0 Å². The second-order valence-electron chi connectivity index (χ2n) is 3.77. The molecule has 4 nitrogen and oxygen atoms in total. The van der Waals surface area contributed by atoms with Gasteiger partial charge in [-0.15, -0.1) is 11.3 Å². The van der Waals surface area contributed by atoms with Crippen LogP contribution in [0.5, 0.6) is 0 Å². The van der Waals surface area contributed by atoms with Crippen molar-refractivity contribution in [3.05, 3.63) is 39.7 Å². The molecule has 2 rings (SSSR count). The molecule has 0 aliphatic carbocycles. The Morgan fingerprint density at radius 2 is 2.35 bits per heavy atom. The molecule has 5 heteroatoms. The Morgan fingerprint density at radius 3 is 3.00 bits per heavy atom. The summed E-state index contributed by atoms with van der Waals surface area (Å²) in [4.78, 5) is 15.9. The van der Waals surface area contributed by atoms with Gasteiger partial charge in [0.2, 0.25) is 0 Å². The van der Waals surface area contributed by atoms with Gasteiger partial charge in [0.05, 0.1) is 23.4 Å². The van der Waals surface area contributed by atoms with Crippen molar-refractivity contribution in [1.29, 1.82) is 0 Å². The molecule has 1 N–H and O–H groups in total. The summed E-state index contributed by atoms with van der Waals surface area (Å²) in [7, 11) is 0. The van der Waals surface area contributed by atoms with Crippen molar-refractivity contribution in [1.82, 2.24) is 4.98 Å². The highest BCUT2D eigenvalue weighted by atomic mass is 32.1. The fourth-order valence-electron chi connectivity index (χ4n) is 1.58. The number of hydrogen-bond acceptors (Lipinski definition) is 4. The number of hydrogen-bond donors (Lipinski definition) is 1. The zero-order valence-electron chi connectivity index (χ0n) is 9.47. The number of thiazole rings is 1. The van der Waals surface area contributed by atoms with Gasteiger partial charge < -0.3 is 9.52 Å². The summed E-state index contributed by atoms with van der Waals surface area (Å²) in [6, 6.07) is 3.79. The van der Waals surface area contributed by atoms with Crippen LogP contribution in [0.4, 0.5) is 0 Å². The van der Waals surface area contributed by atoms with E-state index in [1.807, 2.05) is 19.1 Å². The lowest BCUT2D eigenvalue weighted by molar-refractivity contribution is -0.136. The molecule has 2 heterocycles. The van der Waals surface area contributed by atoms with Crippen LogP contribution in [0.2, 0.25) is 0 Å². The van der Waals surface area contributed by atoms with Crippen LogP contribution in [0.1, 0.15) is 21.3 Å². The van der Waals surface area contributed by atoms with Crippen LogP contribution >= 0.6 is 11.3 Å². The number of carbonyl (C=O) groups is 1. The summed E-state index contributed by atoms with van der Waals surface area (Å²) in [5.74, 6) is 0.118. The lowest BCUT2D eigenvalue weighted by atomic mass is 10.2. The Kier molecular flexibility index (Phi) is 3.58.